The molecule has 4 aliphatic rings. The van der Waals surface area contributed by atoms with E-state index in [1.54, 1.807) is 6.20 Å². The molecule has 1 N–H and O–H groups in total. The number of amides is 1. The maximum atomic E-state index is 13.9. The van der Waals surface area contributed by atoms with Gasteiger partial charge in [-0.3, -0.25) is 4.79 Å². The van der Waals surface area contributed by atoms with E-state index in [0.717, 1.165) is 29.8 Å². The summed E-state index contributed by atoms with van der Waals surface area (Å²) in [6.45, 7) is 7.86. The fourth-order valence-electron chi connectivity index (χ4n) is 4.57. The van der Waals surface area contributed by atoms with E-state index in [1.165, 1.54) is 0 Å². The highest BCUT2D eigenvalue weighted by molar-refractivity contribution is 6.76. The van der Waals surface area contributed by atoms with Gasteiger partial charge in [0.15, 0.2) is 0 Å². The van der Waals surface area contributed by atoms with Gasteiger partial charge >= 0.3 is 0 Å². The van der Waals surface area contributed by atoms with Gasteiger partial charge in [-0.1, -0.05) is 19.6 Å². The number of nitrogens with zero attached hydrogens (tertiary/aromatic N) is 2. The Bertz CT molecular complexity index is 976. The van der Waals surface area contributed by atoms with Gasteiger partial charge < -0.3 is 19.4 Å². The second kappa shape index (κ2) is 6.78. The van der Waals surface area contributed by atoms with Crippen molar-refractivity contribution in [3.63, 3.8) is 0 Å². The number of halogens is 1. The third-order valence-electron chi connectivity index (χ3n) is 6.37. The summed E-state index contributed by atoms with van der Waals surface area (Å²) in [6.07, 6.45) is 5.27. The van der Waals surface area contributed by atoms with E-state index in [4.69, 9.17) is 9.47 Å². The summed E-state index contributed by atoms with van der Waals surface area (Å²) in [6, 6.07) is 4.81. The smallest absolute Gasteiger partial charge is 0.268 e. The van der Waals surface area contributed by atoms with Crippen LogP contribution in [0.5, 0.6) is 5.88 Å². The van der Waals surface area contributed by atoms with Crippen LogP contribution in [0, 0.1) is 0 Å². The quantitative estimate of drug-likeness (QED) is 0.476. The third-order valence-corrected chi connectivity index (χ3v) is 8.08. The van der Waals surface area contributed by atoms with E-state index in [9.17, 15) is 9.18 Å². The van der Waals surface area contributed by atoms with Crippen molar-refractivity contribution in [3.05, 3.63) is 24.0 Å². The summed E-state index contributed by atoms with van der Waals surface area (Å²) < 4.78 is 27.8. The Morgan fingerprint density at radius 3 is 2.70 bits per heavy atom. The number of rotatable bonds is 9. The molecule has 0 radical (unpaired) electrons. The minimum Gasteiger partial charge on any atom is -0.473 e. The van der Waals surface area contributed by atoms with Crippen molar-refractivity contribution in [1.82, 2.24) is 14.9 Å². The predicted molar refractivity (Wildman–Crippen MR) is 115 cm³/mol. The molecule has 4 fully saturated rings. The predicted octanol–water partition coefficient (Wildman–Crippen LogP) is 4.26. The minimum absolute atomic E-state index is 0.181. The molecule has 30 heavy (non-hydrogen) atoms. The van der Waals surface area contributed by atoms with Crippen molar-refractivity contribution >= 4 is 24.9 Å². The first-order valence-electron chi connectivity index (χ1n) is 10.9. The van der Waals surface area contributed by atoms with Gasteiger partial charge in [0.05, 0.1) is 0 Å². The van der Waals surface area contributed by atoms with Crippen LogP contribution < -0.4 is 10.1 Å². The first-order valence-corrected chi connectivity index (χ1v) is 14.6. The highest BCUT2D eigenvalue weighted by Gasteiger charge is 2.70. The molecule has 0 spiro atoms. The van der Waals surface area contributed by atoms with Gasteiger partial charge in [-0.2, -0.15) is 0 Å². The highest BCUT2D eigenvalue weighted by Crippen LogP contribution is 2.63. The van der Waals surface area contributed by atoms with Crippen LogP contribution in [-0.2, 0) is 11.5 Å². The van der Waals surface area contributed by atoms with Crippen LogP contribution in [-0.4, -0.2) is 47.5 Å². The van der Waals surface area contributed by atoms with Gasteiger partial charge in [0, 0.05) is 51.1 Å². The molecule has 0 atom stereocenters. The van der Waals surface area contributed by atoms with E-state index in [1.807, 2.05) is 16.7 Å². The molecule has 0 saturated heterocycles. The lowest BCUT2D eigenvalue weighted by Crippen LogP contribution is -2.76. The Morgan fingerprint density at radius 2 is 2.07 bits per heavy atom. The molecule has 0 aliphatic heterocycles. The van der Waals surface area contributed by atoms with Crippen LogP contribution in [0.3, 0.4) is 0 Å². The Kier molecular flexibility index (Phi) is 4.52. The molecule has 2 aromatic heterocycles. The molecular weight excluding hydrogens is 401 g/mol. The SMILES string of the molecule is C[Si](C)(C)CCOCn1c(C(=O)NC23CC(F)(C2)C3)cc2ccnc(OC3CC3)c21. The van der Waals surface area contributed by atoms with Crippen LogP contribution in [0.15, 0.2) is 18.3 Å². The van der Waals surface area contributed by atoms with Crippen LogP contribution >= 0.6 is 0 Å². The van der Waals surface area contributed by atoms with Crippen LogP contribution in [0.1, 0.15) is 42.6 Å². The number of aromatic nitrogens is 2. The van der Waals surface area contributed by atoms with Gasteiger partial charge in [0.25, 0.3) is 5.91 Å². The average Bonchev–Trinajstić information content (AvgIpc) is 3.34. The minimum atomic E-state index is -1.21. The highest BCUT2D eigenvalue weighted by atomic mass is 28.3. The van der Waals surface area contributed by atoms with E-state index >= 15 is 0 Å². The van der Waals surface area contributed by atoms with Crippen LogP contribution in [0.2, 0.25) is 25.7 Å². The van der Waals surface area contributed by atoms with Crippen molar-refractivity contribution in [2.75, 3.05) is 6.61 Å². The topological polar surface area (TPSA) is 65.4 Å². The number of alkyl halides is 1. The Balaban J connectivity index is 1.41. The van der Waals surface area contributed by atoms with Crippen LogP contribution in [0.4, 0.5) is 4.39 Å². The number of hydrogen-bond donors (Lipinski definition) is 1. The number of carbonyl (C=O) groups is 1. The first-order chi connectivity index (χ1) is 14.2. The van der Waals surface area contributed by atoms with Gasteiger partial charge in [0.2, 0.25) is 5.88 Å². The van der Waals surface area contributed by atoms with Crippen molar-refractivity contribution in [2.24, 2.45) is 0 Å². The largest absolute Gasteiger partial charge is 0.473 e. The lowest BCUT2D eigenvalue weighted by atomic mass is 9.47. The standard InChI is InChI=1S/C22H30FN3O3Si/c1-30(2,3)9-8-28-14-26-17(19(27)25-22-11-21(23,12-22)13-22)10-15-6-7-24-20(18(15)26)29-16-4-5-16/h6-7,10,16H,4-5,8-9,11-14H2,1-3H3,(H,25,27). The lowest BCUT2D eigenvalue weighted by Gasteiger charge is -2.65. The zero-order valence-corrected chi connectivity index (χ0v) is 19.0. The maximum absolute atomic E-state index is 13.9. The summed E-state index contributed by atoms with van der Waals surface area (Å²) in [5.41, 5.74) is -0.0987. The zero-order chi connectivity index (χ0) is 21.1. The van der Waals surface area contributed by atoms with Crippen molar-refractivity contribution in [3.8, 4) is 5.88 Å². The van der Waals surface area contributed by atoms with Crippen LogP contribution in [0.25, 0.3) is 10.9 Å². The van der Waals surface area contributed by atoms with Gasteiger partial charge in [-0.25, -0.2) is 9.37 Å². The van der Waals surface area contributed by atoms with Gasteiger partial charge in [0.1, 0.15) is 29.7 Å². The Hall–Kier alpha value is -1.93. The Morgan fingerprint density at radius 1 is 1.33 bits per heavy atom. The molecule has 4 aliphatic carbocycles. The first kappa shape index (κ1) is 20.0. The molecule has 0 aromatic carbocycles. The molecular formula is C22H30FN3O3Si. The molecule has 162 valence electrons. The number of ether oxygens (including phenoxy) is 2. The summed E-state index contributed by atoms with van der Waals surface area (Å²) in [5.74, 6) is 0.371. The number of nitrogens with one attached hydrogen (secondary N) is 1. The number of hydrogen-bond acceptors (Lipinski definition) is 4. The molecule has 2 bridgehead atoms. The number of carbonyl (C=O) groups excluding carboxylic acids is 1. The average molecular weight is 432 g/mol. The summed E-state index contributed by atoms with van der Waals surface area (Å²) in [7, 11) is -1.21. The Labute approximate surface area is 177 Å². The van der Waals surface area contributed by atoms with Gasteiger partial charge in [-0.05, 0) is 31.0 Å². The monoisotopic (exact) mass is 431 g/mol. The molecule has 6 rings (SSSR count). The van der Waals surface area contributed by atoms with E-state index in [2.05, 4.69) is 29.9 Å². The zero-order valence-electron chi connectivity index (χ0n) is 18.0. The third kappa shape index (κ3) is 3.75. The van der Waals surface area contributed by atoms with E-state index in [-0.39, 0.29) is 24.3 Å². The molecule has 1 amide bonds. The van der Waals surface area contributed by atoms with E-state index < -0.39 is 13.7 Å². The van der Waals surface area contributed by atoms with Crippen molar-refractivity contribution < 1.29 is 18.7 Å². The molecule has 0 unspecified atom stereocenters. The summed E-state index contributed by atoms with van der Waals surface area (Å²) >= 11 is 0. The maximum Gasteiger partial charge on any atom is 0.268 e. The normalized spacial score (nSPS) is 27.5. The second-order valence-electron chi connectivity index (χ2n) is 10.6. The molecule has 2 heterocycles. The van der Waals surface area contributed by atoms with Crippen molar-refractivity contribution in [1.29, 1.82) is 0 Å². The lowest BCUT2D eigenvalue weighted by molar-refractivity contribution is -0.162. The number of fused-ring (bicyclic) bond motifs is 1. The van der Waals surface area contributed by atoms with E-state index in [0.29, 0.717) is 37.4 Å². The molecule has 2 aromatic rings. The second-order valence-corrected chi connectivity index (χ2v) is 16.2. The fourth-order valence-corrected chi connectivity index (χ4v) is 5.33. The summed E-state index contributed by atoms with van der Waals surface area (Å²) in [4.78, 5) is 17.6. The summed E-state index contributed by atoms with van der Waals surface area (Å²) in [5, 5.41) is 3.98. The molecule has 8 heteroatoms. The van der Waals surface area contributed by atoms with Crippen molar-refractivity contribution in [2.45, 2.75) is 81.8 Å². The van der Waals surface area contributed by atoms with Gasteiger partial charge in [-0.15, -0.1) is 0 Å². The fraction of sp³-hybridized carbons (Fsp3) is 0.636. The molecule has 4 saturated carbocycles. The molecule has 6 nitrogen and oxygen atoms in total. The number of pyridine rings is 1.